The van der Waals surface area contributed by atoms with Crippen LogP contribution in [0.1, 0.15) is 25.7 Å². The first kappa shape index (κ1) is 20.5. The number of nitrogens with zero attached hydrogens (tertiary/aromatic N) is 3. The van der Waals surface area contributed by atoms with Crippen molar-refractivity contribution in [3.63, 3.8) is 0 Å². The fraction of sp³-hybridized carbons (Fsp3) is 0.286. The maximum atomic E-state index is 12.7. The number of hydrogen-bond donors (Lipinski definition) is 2. The van der Waals surface area contributed by atoms with E-state index in [9.17, 15) is 13.2 Å². The van der Waals surface area contributed by atoms with Crippen LogP contribution in [0.3, 0.4) is 0 Å². The number of hydrogen-bond acceptors (Lipinski definition) is 6. The van der Waals surface area contributed by atoms with Crippen molar-refractivity contribution in [1.29, 1.82) is 0 Å². The summed E-state index contributed by atoms with van der Waals surface area (Å²) in [6.07, 6.45) is 7.87. The summed E-state index contributed by atoms with van der Waals surface area (Å²) < 4.78 is 38.1. The molecule has 9 heteroatoms. The zero-order valence-corrected chi connectivity index (χ0v) is 16.8. The Morgan fingerprint density at radius 1 is 0.967 bits per heavy atom. The summed E-state index contributed by atoms with van der Waals surface area (Å²) in [5, 5.41) is 6.51. The number of alkyl halides is 3. The van der Waals surface area contributed by atoms with E-state index in [2.05, 4.69) is 25.6 Å². The lowest BCUT2D eigenvalue weighted by Crippen LogP contribution is -2.17. The van der Waals surface area contributed by atoms with Gasteiger partial charge in [-0.25, -0.2) is 4.98 Å². The maximum Gasteiger partial charge on any atom is 0.446 e. The molecule has 2 N–H and O–H groups in total. The summed E-state index contributed by atoms with van der Waals surface area (Å²) in [6, 6.07) is 12.0. The highest BCUT2D eigenvalue weighted by atomic mass is 32.2. The summed E-state index contributed by atoms with van der Waals surface area (Å²) in [5.41, 5.74) is -2.22. The van der Waals surface area contributed by atoms with Crippen molar-refractivity contribution in [3.05, 3.63) is 54.9 Å². The molecular formula is C21H20F3N5S. The first-order valence-corrected chi connectivity index (χ1v) is 10.5. The number of thioether (sulfide) groups is 1. The van der Waals surface area contributed by atoms with E-state index in [1.807, 2.05) is 12.1 Å². The van der Waals surface area contributed by atoms with Crippen molar-refractivity contribution in [1.82, 2.24) is 15.0 Å². The third kappa shape index (κ3) is 5.63. The summed E-state index contributed by atoms with van der Waals surface area (Å²) in [5.74, 6) is 1.01. The molecule has 0 aliphatic heterocycles. The molecule has 0 saturated heterocycles. The normalized spacial score (nSPS) is 14.6. The molecule has 1 saturated carbocycles. The second kappa shape index (κ2) is 8.91. The lowest BCUT2D eigenvalue weighted by molar-refractivity contribution is -0.0328. The van der Waals surface area contributed by atoms with Crippen molar-refractivity contribution >= 4 is 29.2 Å². The van der Waals surface area contributed by atoms with Gasteiger partial charge in [0.05, 0.1) is 5.69 Å². The molecule has 156 valence electrons. The predicted octanol–water partition coefficient (Wildman–Crippen LogP) is 6.25. The molecule has 0 spiro atoms. The molecular weight excluding hydrogens is 411 g/mol. The summed E-state index contributed by atoms with van der Waals surface area (Å²) >= 11 is -0.142. The fourth-order valence-electron chi connectivity index (χ4n) is 3.42. The second-order valence-electron chi connectivity index (χ2n) is 7.02. The third-order valence-electron chi connectivity index (χ3n) is 4.73. The van der Waals surface area contributed by atoms with E-state index in [0.29, 0.717) is 29.2 Å². The van der Waals surface area contributed by atoms with Gasteiger partial charge in [-0.1, -0.05) is 18.9 Å². The first-order valence-electron chi connectivity index (χ1n) is 9.63. The van der Waals surface area contributed by atoms with Gasteiger partial charge < -0.3 is 10.6 Å². The minimum Gasteiger partial charge on any atom is -0.351 e. The largest absolute Gasteiger partial charge is 0.446 e. The van der Waals surface area contributed by atoms with Gasteiger partial charge in [-0.2, -0.15) is 18.2 Å². The van der Waals surface area contributed by atoms with Crippen molar-refractivity contribution in [2.45, 2.75) is 42.1 Å². The van der Waals surface area contributed by atoms with E-state index in [4.69, 9.17) is 0 Å². The molecule has 2 aromatic heterocycles. The smallest absolute Gasteiger partial charge is 0.351 e. The Hall–Kier alpha value is -2.81. The van der Waals surface area contributed by atoms with Gasteiger partial charge >= 0.3 is 5.51 Å². The molecule has 1 aliphatic rings. The van der Waals surface area contributed by atoms with E-state index >= 15 is 0 Å². The van der Waals surface area contributed by atoms with Crippen molar-refractivity contribution < 1.29 is 13.2 Å². The molecule has 1 fully saturated rings. The van der Waals surface area contributed by atoms with Gasteiger partial charge in [0.15, 0.2) is 0 Å². The van der Waals surface area contributed by atoms with Gasteiger partial charge in [0.2, 0.25) is 5.95 Å². The SMILES string of the molecule is FC(F)(F)Sc1cccc(Nc2cc(-c3ccncc3)nc(NC3CCCC3)n2)c1. The van der Waals surface area contributed by atoms with Crippen LogP contribution in [0.2, 0.25) is 0 Å². The van der Waals surface area contributed by atoms with Crippen molar-refractivity contribution in [3.8, 4) is 11.3 Å². The Balaban J connectivity index is 1.62. The number of halogens is 3. The van der Waals surface area contributed by atoms with Crippen LogP contribution in [0.25, 0.3) is 11.3 Å². The average Bonchev–Trinajstić information content (AvgIpc) is 3.20. The highest BCUT2D eigenvalue weighted by Gasteiger charge is 2.29. The van der Waals surface area contributed by atoms with Crippen molar-refractivity contribution in [2.24, 2.45) is 0 Å². The van der Waals surface area contributed by atoms with Crippen LogP contribution < -0.4 is 10.6 Å². The maximum absolute atomic E-state index is 12.7. The van der Waals surface area contributed by atoms with Crippen LogP contribution in [-0.4, -0.2) is 26.5 Å². The molecule has 2 heterocycles. The van der Waals surface area contributed by atoms with E-state index in [-0.39, 0.29) is 16.7 Å². The fourth-order valence-corrected chi connectivity index (χ4v) is 4.02. The van der Waals surface area contributed by atoms with E-state index in [1.54, 1.807) is 30.6 Å². The molecule has 0 atom stereocenters. The van der Waals surface area contributed by atoms with Crippen LogP contribution in [-0.2, 0) is 0 Å². The van der Waals surface area contributed by atoms with Gasteiger partial charge in [0.1, 0.15) is 5.82 Å². The Morgan fingerprint density at radius 3 is 2.47 bits per heavy atom. The van der Waals surface area contributed by atoms with Gasteiger partial charge in [-0.3, -0.25) is 4.98 Å². The Bertz CT molecular complexity index is 991. The van der Waals surface area contributed by atoms with Gasteiger partial charge in [0, 0.05) is 40.6 Å². The molecule has 3 aromatic rings. The number of pyridine rings is 1. The molecule has 1 aliphatic carbocycles. The standard InChI is InChI=1S/C21H20F3N5S/c22-21(23,24)30-17-7-3-6-16(12-17)26-19-13-18(14-8-10-25-11-9-14)28-20(29-19)27-15-4-1-2-5-15/h3,6-13,15H,1-2,4-5H2,(H2,26,27,28,29). The van der Waals surface area contributed by atoms with Crippen LogP contribution in [0, 0.1) is 0 Å². The number of anilines is 3. The monoisotopic (exact) mass is 431 g/mol. The second-order valence-corrected chi connectivity index (χ2v) is 8.16. The van der Waals surface area contributed by atoms with Crippen LogP contribution in [0.15, 0.2) is 59.8 Å². The zero-order chi connectivity index (χ0) is 21.0. The predicted molar refractivity (Wildman–Crippen MR) is 113 cm³/mol. The Morgan fingerprint density at radius 2 is 1.73 bits per heavy atom. The molecule has 0 radical (unpaired) electrons. The summed E-state index contributed by atoms with van der Waals surface area (Å²) in [7, 11) is 0. The Labute approximate surface area is 176 Å². The number of nitrogens with one attached hydrogen (secondary N) is 2. The topological polar surface area (TPSA) is 62.7 Å². The van der Waals surface area contributed by atoms with Gasteiger partial charge in [0.25, 0.3) is 0 Å². The molecule has 1 aromatic carbocycles. The molecule has 0 amide bonds. The highest BCUT2D eigenvalue weighted by Crippen LogP contribution is 2.38. The minimum atomic E-state index is -4.33. The lowest BCUT2D eigenvalue weighted by Gasteiger charge is -2.15. The minimum absolute atomic E-state index is 0.111. The highest BCUT2D eigenvalue weighted by molar-refractivity contribution is 8.00. The van der Waals surface area contributed by atoms with Gasteiger partial charge in [-0.05, 0) is 54.9 Å². The van der Waals surface area contributed by atoms with E-state index in [1.165, 1.54) is 25.0 Å². The van der Waals surface area contributed by atoms with E-state index in [0.717, 1.165) is 18.4 Å². The number of benzene rings is 1. The number of aromatic nitrogens is 3. The molecule has 0 unspecified atom stereocenters. The number of rotatable bonds is 6. The average molecular weight is 431 g/mol. The lowest BCUT2D eigenvalue weighted by atomic mass is 10.2. The Kier molecular flexibility index (Phi) is 6.08. The summed E-state index contributed by atoms with van der Waals surface area (Å²) in [6.45, 7) is 0. The van der Waals surface area contributed by atoms with Crippen molar-refractivity contribution in [2.75, 3.05) is 10.6 Å². The van der Waals surface area contributed by atoms with Crippen LogP contribution >= 0.6 is 11.8 Å². The quantitative estimate of drug-likeness (QED) is 0.450. The third-order valence-corrected chi connectivity index (χ3v) is 5.45. The van der Waals surface area contributed by atoms with Crippen LogP contribution in [0.5, 0.6) is 0 Å². The zero-order valence-electron chi connectivity index (χ0n) is 16.0. The molecule has 4 rings (SSSR count). The summed E-state index contributed by atoms with van der Waals surface area (Å²) in [4.78, 5) is 13.3. The molecule has 30 heavy (non-hydrogen) atoms. The van der Waals surface area contributed by atoms with E-state index < -0.39 is 5.51 Å². The molecule has 5 nitrogen and oxygen atoms in total. The van der Waals surface area contributed by atoms with Crippen LogP contribution in [0.4, 0.5) is 30.6 Å². The first-order chi connectivity index (χ1) is 14.4. The van der Waals surface area contributed by atoms with Gasteiger partial charge in [-0.15, -0.1) is 0 Å². The molecule has 0 bridgehead atoms.